The lowest BCUT2D eigenvalue weighted by Gasteiger charge is -2.28. The number of aliphatic imine (C=N–C) groups is 1. The molecule has 2 heterocycles. The molecule has 1 aliphatic rings. The summed E-state index contributed by atoms with van der Waals surface area (Å²) in [7, 11) is 1.69. The van der Waals surface area contributed by atoms with E-state index in [4.69, 9.17) is 9.47 Å². The normalized spacial score (nSPS) is 15.3. The van der Waals surface area contributed by atoms with Crippen molar-refractivity contribution < 1.29 is 14.3 Å². The lowest BCUT2D eigenvalue weighted by Crippen LogP contribution is -2.35. The zero-order valence-electron chi connectivity index (χ0n) is 16.0. The molecule has 1 aromatic heterocycles. The summed E-state index contributed by atoms with van der Waals surface area (Å²) in [6.07, 6.45) is 5.19. The molecule has 27 heavy (non-hydrogen) atoms. The number of ether oxygens (including phenoxy) is 2. The Kier molecular flexibility index (Phi) is 7.75. The third kappa shape index (κ3) is 5.78. The quantitative estimate of drug-likeness (QED) is 0.404. The zero-order valence-corrected chi connectivity index (χ0v) is 16.0. The first-order chi connectivity index (χ1) is 13.1. The summed E-state index contributed by atoms with van der Waals surface area (Å²) in [5, 5.41) is 5.98. The number of anilines is 2. The number of hydrogen-bond donors (Lipinski definition) is 2. The van der Waals surface area contributed by atoms with E-state index >= 15 is 0 Å². The van der Waals surface area contributed by atoms with Crippen LogP contribution in [0.5, 0.6) is 0 Å². The summed E-state index contributed by atoms with van der Waals surface area (Å²) in [6, 6.07) is 0. The fourth-order valence-electron chi connectivity index (χ4n) is 2.46. The van der Waals surface area contributed by atoms with Crippen molar-refractivity contribution in [3.63, 3.8) is 0 Å². The first-order valence-electron chi connectivity index (χ1n) is 8.76. The third-order valence-corrected chi connectivity index (χ3v) is 3.81. The number of hydrogen-bond acceptors (Lipinski definition) is 9. The van der Waals surface area contributed by atoms with Gasteiger partial charge in [-0.25, -0.2) is 14.8 Å². The number of esters is 1. The lowest BCUT2D eigenvalue weighted by atomic mass is 10.3. The Balaban J connectivity index is 2.10. The fraction of sp³-hybridized carbons (Fsp3) is 0.444. The van der Waals surface area contributed by atoms with Gasteiger partial charge >= 0.3 is 5.97 Å². The van der Waals surface area contributed by atoms with E-state index in [2.05, 4.69) is 37.2 Å². The van der Waals surface area contributed by atoms with Gasteiger partial charge in [-0.05, 0) is 32.7 Å². The summed E-state index contributed by atoms with van der Waals surface area (Å²) in [5.74, 6) is 1.09. The Morgan fingerprint density at radius 3 is 2.81 bits per heavy atom. The van der Waals surface area contributed by atoms with Crippen molar-refractivity contribution in [3.8, 4) is 0 Å². The van der Waals surface area contributed by atoms with E-state index in [1.165, 1.54) is 6.20 Å². The molecule has 0 aromatic carbocycles. The van der Waals surface area contributed by atoms with Crippen molar-refractivity contribution in [2.45, 2.75) is 13.8 Å². The molecule has 0 radical (unpaired) electrons. The van der Waals surface area contributed by atoms with Gasteiger partial charge in [0.15, 0.2) is 0 Å². The van der Waals surface area contributed by atoms with Gasteiger partial charge in [-0.2, -0.15) is 4.98 Å². The van der Waals surface area contributed by atoms with Crippen molar-refractivity contribution in [2.24, 2.45) is 4.99 Å². The zero-order chi connectivity index (χ0) is 19.6. The SMILES string of the molecule is C=N/C(=C\C=C(/C)Nc1ncc(C(=O)OCC)c(NC)n1)N1CCOCC1. The number of aromatic nitrogens is 2. The second-order valence-corrected chi connectivity index (χ2v) is 5.68. The first kappa shape index (κ1) is 20.4. The van der Waals surface area contributed by atoms with E-state index in [-0.39, 0.29) is 5.56 Å². The van der Waals surface area contributed by atoms with Gasteiger partial charge in [0.2, 0.25) is 5.95 Å². The molecular formula is C18H26N6O3. The average molecular weight is 374 g/mol. The summed E-state index contributed by atoms with van der Waals surface area (Å²) in [5.41, 5.74) is 1.10. The van der Waals surface area contributed by atoms with Crippen LogP contribution in [-0.2, 0) is 9.47 Å². The van der Waals surface area contributed by atoms with Crippen molar-refractivity contribution in [1.82, 2.24) is 14.9 Å². The maximum atomic E-state index is 11.9. The molecule has 0 atom stereocenters. The number of morpholine rings is 1. The molecular weight excluding hydrogens is 348 g/mol. The second kappa shape index (κ2) is 10.3. The summed E-state index contributed by atoms with van der Waals surface area (Å²) in [6.45, 7) is 10.5. The van der Waals surface area contributed by atoms with Gasteiger partial charge in [-0.3, -0.25) is 0 Å². The van der Waals surface area contributed by atoms with Crippen LogP contribution in [0.25, 0.3) is 0 Å². The molecule has 1 aromatic rings. The Labute approximate surface area is 159 Å². The molecule has 2 rings (SSSR count). The van der Waals surface area contributed by atoms with E-state index in [1.807, 2.05) is 19.1 Å². The van der Waals surface area contributed by atoms with E-state index in [0.717, 1.165) is 24.6 Å². The van der Waals surface area contributed by atoms with Gasteiger partial charge in [-0.1, -0.05) is 0 Å². The maximum absolute atomic E-state index is 11.9. The number of carbonyl (C=O) groups excluding carboxylic acids is 1. The molecule has 1 aliphatic heterocycles. The summed E-state index contributed by atoms with van der Waals surface area (Å²) >= 11 is 0. The topological polar surface area (TPSA) is 101 Å². The van der Waals surface area contributed by atoms with Crippen molar-refractivity contribution in [3.05, 3.63) is 35.4 Å². The highest BCUT2D eigenvalue weighted by Crippen LogP contribution is 2.16. The minimum Gasteiger partial charge on any atom is -0.462 e. The smallest absolute Gasteiger partial charge is 0.343 e. The highest BCUT2D eigenvalue weighted by Gasteiger charge is 2.15. The second-order valence-electron chi connectivity index (χ2n) is 5.68. The minimum absolute atomic E-state index is 0.289. The average Bonchev–Trinajstić information content (AvgIpc) is 2.69. The Bertz CT molecular complexity index is 726. The van der Waals surface area contributed by atoms with Gasteiger partial charge in [0.1, 0.15) is 17.2 Å². The van der Waals surface area contributed by atoms with E-state index < -0.39 is 5.97 Å². The van der Waals surface area contributed by atoms with Crippen molar-refractivity contribution in [2.75, 3.05) is 50.6 Å². The number of nitrogens with zero attached hydrogens (tertiary/aromatic N) is 4. The number of nitrogens with one attached hydrogen (secondary N) is 2. The summed E-state index contributed by atoms with van der Waals surface area (Å²) in [4.78, 5) is 26.6. The molecule has 146 valence electrons. The monoisotopic (exact) mass is 374 g/mol. The van der Waals surface area contributed by atoms with Crippen LogP contribution in [0.15, 0.2) is 34.9 Å². The van der Waals surface area contributed by atoms with Gasteiger partial charge < -0.3 is 25.0 Å². The number of carbonyl (C=O) groups is 1. The molecule has 9 nitrogen and oxygen atoms in total. The van der Waals surface area contributed by atoms with Crippen LogP contribution < -0.4 is 10.6 Å². The maximum Gasteiger partial charge on any atom is 0.343 e. The molecule has 0 aliphatic carbocycles. The predicted octanol–water partition coefficient (Wildman–Crippen LogP) is 1.88. The van der Waals surface area contributed by atoms with E-state index in [9.17, 15) is 4.79 Å². The standard InChI is InChI=1S/C18H26N6O3/c1-5-27-17(25)14-12-21-18(23-16(14)20-4)22-13(2)6-7-15(19-3)24-8-10-26-11-9-24/h6-7,12H,3,5,8-11H2,1-2,4H3,(H2,20,21,22,23)/b13-6+,15-7+. The van der Waals surface area contributed by atoms with Crippen LogP contribution in [0.4, 0.5) is 11.8 Å². The van der Waals surface area contributed by atoms with Crippen LogP contribution in [-0.4, -0.2) is 67.5 Å². The number of allylic oxidation sites excluding steroid dienone is 3. The van der Waals surface area contributed by atoms with Gasteiger partial charge in [-0.15, -0.1) is 0 Å². The fourth-order valence-corrected chi connectivity index (χ4v) is 2.46. The van der Waals surface area contributed by atoms with Crippen molar-refractivity contribution in [1.29, 1.82) is 0 Å². The van der Waals surface area contributed by atoms with Crippen LogP contribution in [0.1, 0.15) is 24.2 Å². The van der Waals surface area contributed by atoms with Crippen LogP contribution in [0, 0.1) is 0 Å². The molecule has 0 saturated carbocycles. The first-order valence-corrected chi connectivity index (χ1v) is 8.76. The number of rotatable bonds is 8. The molecule has 2 N–H and O–H groups in total. The highest BCUT2D eigenvalue weighted by atomic mass is 16.5. The van der Waals surface area contributed by atoms with Crippen LogP contribution in [0.2, 0.25) is 0 Å². The Morgan fingerprint density at radius 2 is 2.19 bits per heavy atom. The van der Waals surface area contributed by atoms with Crippen molar-refractivity contribution >= 4 is 24.5 Å². The largest absolute Gasteiger partial charge is 0.462 e. The summed E-state index contributed by atoms with van der Waals surface area (Å²) < 4.78 is 10.3. The van der Waals surface area contributed by atoms with E-state index in [1.54, 1.807) is 14.0 Å². The minimum atomic E-state index is -0.462. The Hall–Kier alpha value is -2.94. The molecule has 0 amide bonds. The molecule has 0 bridgehead atoms. The molecule has 0 unspecified atom stereocenters. The molecule has 1 saturated heterocycles. The van der Waals surface area contributed by atoms with Gasteiger partial charge in [0, 0.05) is 32.0 Å². The van der Waals surface area contributed by atoms with Crippen LogP contribution in [0.3, 0.4) is 0 Å². The van der Waals surface area contributed by atoms with Gasteiger partial charge in [0.05, 0.1) is 19.8 Å². The Morgan fingerprint density at radius 1 is 1.44 bits per heavy atom. The van der Waals surface area contributed by atoms with E-state index in [0.29, 0.717) is 31.6 Å². The molecule has 9 heteroatoms. The highest BCUT2D eigenvalue weighted by molar-refractivity contribution is 5.94. The molecule has 1 fully saturated rings. The molecule has 0 spiro atoms. The predicted molar refractivity (Wildman–Crippen MR) is 105 cm³/mol. The van der Waals surface area contributed by atoms with Gasteiger partial charge in [0.25, 0.3) is 0 Å². The van der Waals surface area contributed by atoms with Crippen LogP contribution >= 0.6 is 0 Å². The third-order valence-electron chi connectivity index (χ3n) is 3.81. The lowest BCUT2D eigenvalue weighted by molar-refractivity contribution is 0.0526.